The first-order valence-electron chi connectivity index (χ1n) is 6.56. The molecule has 20 heavy (non-hydrogen) atoms. The Morgan fingerprint density at radius 2 is 2.00 bits per heavy atom. The SMILES string of the molecule is Cc1ccccc1O[C@H](C)C(=O)NCc1ccccn1. The maximum atomic E-state index is 12.0. The van der Waals surface area contributed by atoms with Crippen molar-refractivity contribution < 1.29 is 9.53 Å². The summed E-state index contributed by atoms with van der Waals surface area (Å²) >= 11 is 0. The lowest BCUT2D eigenvalue weighted by atomic mass is 10.2. The number of rotatable bonds is 5. The van der Waals surface area contributed by atoms with Gasteiger partial charge in [-0.1, -0.05) is 24.3 Å². The van der Waals surface area contributed by atoms with Gasteiger partial charge in [-0.15, -0.1) is 0 Å². The van der Waals surface area contributed by atoms with Crippen molar-refractivity contribution in [1.29, 1.82) is 0 Å². The molecule has 4 heteroatoms. The summed E-state index contributed by atoms with van der Waals surface area (Å²) in [5.41, 5.74) is 1.83. The van der Waals surface area contributed by atoms with Crippen molar-refractivity contribution in [3.05, 3.63) is 59.9 Å². The Morgan fingerprint density at radius 3 is 2.70 bits per heavy atom. The lowest BCUT2D eigenvalue weighted by Gasteiger charge is -2.16. The molecule has 2 rings (SSSR count). The molecular weight excluding hydrogens is 252 g/mol. The molecule has 0 fully saturated rings. The number of pyridine rings is 1. The molecule has 0 aliphatic heterocycles. The van der Waals surface area contributed by atoms with E-state index >= 15 is 0 Å². The molecule has 1 aromatic carbocycles. The van der Waals surface area contributed by atoms with Crippen molar-refractivity contribution >= 4 is 5.91 Å². The van der Waals surface area contributed by atoms with Gasteiger partial charge in [0.15, 0.2) is 6.10 Å². The van der Waals surface area contributed by atoms with E-state index in [4.69, 9.17) is 4.74 Å². The summed E-state index contributed by atoms with van der Waals surface area (Å²) in [5, 5.41) is 2.81. The van der Waals surface area contributed by atoms with Gasteiger partial charge in [-0.05, 0) is 37.6 Å². The number of carbonyl (C=O) groups is 1. The Morgan fingerprint density at radius 1 is 1.25 bits per heavy atom. The number of aryl methyl sites for hydroxylation is 1. The third kappa shape index (κ3) is 3.82. The van der Waals surface area contributed by atoms with Crippen molar-refractivity contribution in [3.63, 3.8) is 0 Å². The van der Waals surface area contributed by atoms with Crippen molar-refractivity contribution in [2.24, 2.45) is 0 Å². The molecule has 1 N–H and O–H groups in total. The van der Waals surface area contributed by atoms with Crippen LogP contribution in [0.4, 0.5) is 0 Å². The molecule has 104 valence electrons. The van der Waals surface area contributed by atoms with E-state index in [2.05, 4.69) is 10.3 Å². The lowest BCUT2D eigenvalue weighted by Crippen LogP contribution is -2.36. The molecule has 0 radical (unpaired) electrons. The van der Waals surface area contributed by atoms with Crippen LogP contribution in [-0.4, -0.2) is 17.0 Å². The Hall–Kier alpha value is -2.36. The Bertz CT molecular complexity index is 570. The van der Waals surface area contributed by atoms with Crippen molar-refractivity contribution in [2.75, 3.05) is 0 Å². The highest BCUT2D eigenvalue weighted by Crippen LogP contribution is 2.17. The molecular formula is C16H18N2O2. The fourth-order valence-corrected chi connectivity index (χ4v) is 1.76. The number of amides is 1. The van der Waals surface area contributed by atoms with Gasteiger partial charge in [-0.3, -0.25) is 9.78 Å². The first-order valence-corrected chi connectivity index (χ1v) is 6.56. The molecule has 0 aliphatic rings. The van der Waals surface area contributed by atoms with E-state index in [9.17, 15) is 4.79 Å². The van der Waals surface area contributed by atoms with E-state index < -0.39 is 6.10 Å². The van der Waals surface area contributed by atoms with Crippen LogP contribution in [0.2, 0.25) is 0 Å². The highest BCUT2D eigenvalue weighted by Gasteiger charge is 2.15. The third-order valence-electron chi connectivity index (χ3n) is 2.94. The number of nitrogens with one attached hydrogen (secondary N) is 1. The van der Waals surface area contributed by atoms with E-state index in [1.165, 1.54) is 0 Å². The number of hydrogen-bond donors (Lipinski definition) is 1. The zero-order valence-electron chi connectivity index (χ0n) is 11.7. The van der Waals surface area contributed by atoms with E-state index in [-0.39, 0.29) is 5.91 Å². The maximum Gasteiger partial charge on any atom is 0.261 e. The van der Waals surface area contributed by atoms with Crippen LogP contribution < -0.4 is 10.1 Å². The van der Waals surface area contributed by atoms with Crippen LogP contribution >= 0.6 is 0 Å². The third-order valence-corrected chi connectivity index (χ3v) is 2.94. The molecule has 4 nitrogen and oxygen atoms in total. The average molecular weight is 270 g/mol. The summed E-state index contributed by atoms with van der Waals surface area (Å²) in [7, 11) is 0. The van der Waals surface area contributed by atoms with Gasteiger partial charge in [0.1, 0.15) is 5.75 Å². The molecule has 0 bridgehead atoms. The molecule has 0 spiro atoms. The van der Waals surface area contributed by atoms with Crippen LogP contribution in [0, 0.1) is 6.92 Å². The molecule has 0 aliphatic carbocycles. The summed E-state index contributed by atoms with van der Waals surface area (Å²) in [5.74, 6) is 0.576. The van der Waals surface area contributed by atoms with Gasteiger partial charge in [0, 0.05) is 6.20 Å². The van der Waals surface area contributed by atoms with E-state index in [0.29, 0.717) is 6.54 Å². The van der Waals surface area contributed by atoms with Crippen LogP contribution in [0.25, 0.3) is 0 Å². The highest BCUT2D eigenvalue weighted by atomic mass is 16.5. The number of carbonyl (C=O) groups excluding carboxylic acids is 1. The second-order valence-corrected chi connectivity index (χ2v) is 4.56. The molecule has 0 saturated carbocycles. The summed E-state index contributed by atoms with van der Waals surface area (Å²) < 4.78 is 5.66. The average Bonchev–Trinajstić information content (AvgIpc) is 2.48. The predicted octanol–water partition coefficient (Wildman–Crippen LogP) is 2.47. The van der Waals surface area contributed by atoms with Gasteiger partial charge in [0.05, 0.1) is 12.2 Å². The Labute approximate surface area is 118 Å². The number of aromatic nitrogens is 1. The topological polar surface area (TPSA) is 51.2 Å². The largest absolute Gasteiger partial charge is 0.481 e. The minimum absolute atomic E-state index is 0.154. The number of ether oxygens (including phenoxy) is 1. The van der Waals surface area contributed by atoms with Gasteiger partial charge >= 0.3 is 0 Å². The Balaban J connectivity index is 1.88. The van der Waals surface area contributed by atoms with Gasteiger partial charge < -0.3 is 10.1 Å². The van der Waals surface area contributed by atoms with E-state index in [1.807, 2.05) is 49.4 Å². The van der Waals surface area contributed by atoms with Crippen molar-refractivity contribution in [3.8, 4) is 5.75 Å². The minimum Gasteiger partial charge on any atom is -0.481 e. The molecule has 2 aromatic rings. The second kappa shape index (κ2) is 6.70. The van der Waals surface area contributed by atoms with Gasteiger partial charge in [-0.2, -0.15) is 0 Å². The van der Waals surface area contributed by atoms with Crippen molar-refractivity contribution in [2.45, 2.75) is 26.5 Å². The molecule has 0 unspecified atom stereocenters. The zero-order chi connectivity index (χ0) is 14.4. The fourth-order valence-electron chi connectivity index (χ4n) is 1.76. The van der Waals surface area contributed by atoms with Crippen LogP contribution in [0.15, 0.2) is 48.7 Å². The highest BCUT2D eigenvalue weighted by molar-refractivity contribution is 5.80. The van der Waals surface area contributed by atoms with Crippen LogP contribution in [0.3, 0.4) is 0 Å². The predicted molar refractivity (Wildman–Crippen MR) is 77.4 cm³/mol. The normalized spacial score (nSPS) is 11.7. The number of hydrogen-bond acceptors (Lipinski definition) is 3. The first kappa shape index (κ1) is 14.1. The number of benzene rings is 1. The fraction of sp³-hybridized carbons (Fsp3) is 0.250. The maximum absolute atomic E-state index is 12.0. The lowest BCUT2D eigenvalue weighted by molar-refractivity contribution is -0.127. The number of para-hydroxylation sites is 1. The van der Waals surface area contributed by atoms with Crippen LogP contribution in [0.5, 0.6) is 5.75 Å². The number of nitrogens with zero attached hydrogens (tertiary/aromatic N) is 1. The Kier molecular flexibility index (Phi) is 4.71. The second-order valence-electron chi connectivity index (χ2n) is 4.56. The summed E-state index contributed by atoms with van der Waals surface area (Å²) in [4.78, 5) is 16.1. The quantitative estimate of drug-likeness (QED) is 0.908. The van der Waals surface area contributed by atoms with E-state index in [1.54, 1.807) is 13.1 Å². The molecule has 0 saturated heterocycles. The zero-order valence-corrected chi connectivity index (χ0v) is 11.7. The summed E-state index contributed by atoms with van der Waals surface area (Å²) in [6.07, 6.45) is 1.16. The molecule has 1 atom stereocenters. The smallest absolute Gasteiger partial charge is 0.261 e. The molecule has 1 amide bonds. The standard InChI is InChI=1S/C16H18N2O2/c1-12-7-3-4-9-15(12)20-13(2)16(19)18-11-14-8-5-6-10-17-14/h3-10,13H,11H2,1-2H3,(H,18,19)/t13-/m1/s1. The summed E-state index contributed by atoms with van der Waals surface area (Å²) in [6.45, 7) is 4.09. The van der Waals surface area contributed by atoms with Crippen LogP contribution in [0.1, 0.15) is 18.2 Å². The van der Waals surface area contributed by atoms with Gasteiger partial charge in [-0.25, -0.2) is 0 Å². The summed E-state index contributed by atoms with van der Waals surface area (Å²) in [6, 6.07) is 13.2. The van der Waals surface area contributed by atoms with Gasteiger partial charge in [0.2, 0.25) is 0 Å². The van der Waals surface area contributed by atoms with Gasteiger partial charge in [0.25, 0.3) is 5.91 Å². The van der Waals surface area contributed by atoms with E-state index in [0.717, 1.165) is 17.0 Å². The molecule has 1 heterocycles. The first-order chi connectivity index (χ1) is 9.66. The van der Waals surface area contributed by atoms with Crippen LogP contribution in [-0.2, 0) is 11.3 Å². The monoisotopic (exact) mass is 270 g/mol. The minimum atomic E-state index is -0.542. The molecule has 1 aromatic heterocycles. The van der Waals surface area contributed by atoms with Crippen molar-refractivity contribution in [1.82, 2.24) is 10.3 Å².